The van der Waals surface area contributed by atoms with Gasteiger partial charge in [0.2, 0.25) is 5.95 Å². The molecular weight excluding hydrogens is 569 g/mol. The highest BCUT2D eigenvalue weighted by Gasteiger charge is 2.36. The molecule has 0 radical (unpaired) electrons. The van der Waals surface area contributed by atoms with Crippen molar-refractivity contribution in [1.29, 1.82) is 0 Å². The van der Waals surface area contributed by atoms with Gasteiger partial charge in [-0.1, -0.05) is 53.6 Å². The molecule has 11 heteroatoms. The number of esters is 1. The fourth-order valence-electron chi connectivity index (χ4n) is 4.30. The molecule has 4 aromatic rings. The minimum atomic E-state index is -0.712. The minimum absolute atomic E-state index is 0.00522. The largest absolute Gasteiger partial charge is 0.490 e. The van der Waals surface area contributed by atoms with Gasteiger partial charge in [-0.3, -0.25) is 0 Å². The van der Waals surface area contributed by atoms with Crippen LogP contribution in [0.15, 0.2) is 82.5 Å². The van der Waals surface area contributed by atoms with Crippen molar-refractivity contribution in [3.8, 4) is 11.5 Å². The SMILES string of the molecule is CCOc1cc(C2C(C(=O)OCc3ccccc3)=C(C)Nc3nnnn32)cc(Br)c1OCc1ccccc1F. The van der Waals surface area contributed by atoms with E-state index in [0.29, 0.717) is 50.9 Å². The van der Waals surface area contributed by atoms with Crippen LogP contribution in [0.2, 0.25) is 0 Å². The number of anilines is 1. The summed E-state index contributed by atoms with van der Waals surface area (Å²) in [7, 11) is 0. The first-order chi connectivity index (χ1) is 19.0. The maximum atomic E-state index is 14.2. The van der Waals surface area contributed by atoms with Crippen LogP contribution in [0.3, 0.4) is 0 Å². The number of nitrogens with one attached hydrogen (secondary N) is 1. The van der Waals surface area contributed by atoms with Gasteiger partial charge >= 0.3 is 5.97 Å². The number of carbonyl (C=O) groups is 1. The third-order valence-electron chi connectivity index (χ3n) is 6.12. The van der Waals surface area contributed by atoms with Crippen molar-refractivity contribution in [2.45, 2.75) is 33.1 Å². The molecule has 0 saturated carbocycles. The van der Waals surface area contributed by atoms with E-state index in [1.165, 1.54) is 10.7 Å². The van der Waals surface area contributed by atoms with Gasteiger partial charge in [-0.05, 0) is 69.5 Å². The zero-order valence-corrected chi connectivity index (χ0v) is 22.8. The maximum Gasteiger partial charge on any atom is 0.338 e. The second-order valence-electron chi connectivity index (χ2n) is 8.72. The fourth-order valence-corrected chi connectivity index (χ4v) is 4.87. The summed E-state index contributed by atoms with van der Waals surface area (Å²) in [6.45, 7) is 4.10. The number of fused-ring (bicyclic) bond motifs is 1. The number of rotatable bonds is 9. The highest BCUT2D eigenvalue weighted by atomic mass is 79.9. The molecule has 0 amide bonds. The molecule has 39 heavy (non-hydrogen) atoms. The molecule has 0 spiro atoms. The van der Waals surface area contributed by atoms with Crippen LogP contribution in [0.1, 0.15) is 36.6 Å². The molecule has 1 atom stereocenters. The first-order valence-corrected chi connectivity index (χ1v) is 13.0. The Kier molecular flexibility index (Phi) is 7.87. The topological polar surface area (TPSA) is 100 Å². The summed E-state index contributed by atoms with van der Waals surface area (Å²) in [6.07, 6.45) is 0. The summed E-state index contributed by atoms with van der Waals surface area (Å²) >= 11 is 3.58. The number of tetrazole rings is 1. The minimum Gasteiger partial charge on any atom is -0.490 e. The average Bonchev–Trinajstić information content (AvgIpc) is 3.40. The van der Waals surface area contributed by atoms with Crippen molar-refractivity contribution in [3.63, 3.8) is 0 Å². The molecule has 9 nitrogen and oxygen atoms in total. The fraction of sp³-hybridized carbons (Fsp3) is 0.214. The average molecular weight is 594 g/mol. The summed E-state index contributed by atoms with van der Waals surface area (Å²) in [5, 5.41) is 15.0. The third-order valence-corrected chi connectivity index (χ3v) is 6.71. The Labute approximate surface area is 232 Å². The van der Waals surface area contributed by atoms with Crippen molar-refractivity contribution < 1.29 is 23.4 Å². The van der Waals surface area contributed by atoms with Crippen LogP contribution in [0.5, 0.6) is 11.5 Å². The van der Waals surface area contributed by atoms with Crippen LogP contribution in [-0.2, 0) is 22.7 Å². The predicted molar refractivity (Wildman–Crippen MR) is 145 cm³/mol. The molecule has 1 unspecified atom stereocenters. The first-order valence-electron chi connectivity index (χ1n) is 12.3. The Hall–Kier alpha value is -4.25. The van der Waals surface area contributed by atoms with Crippen LogP contribution in [0.4, 0.5) is 10.3 Å². The van der Waals surface area contributed by atoms with E-state index in [-0.39, 0.29) is 19.0 Å². The molecule has 0 fully saturated rings. The molecular formula is C28H25BrFN5O4. The molecule has 0 bridgehead atoms. The Balaban J connectivity index is 1.50. The second kappa shape index (κ2) is 11.6. The van der Waals surface area contributed by atoms with Crippen LogP contribution in [-0.4, -0.2) is 32.8 Å². The van der Waals surface area contributed by atoms with Gasteiger partial charge in [0.15, 0.2) is 11.5 Å². The van der Waals surface area contributed by atoms with Gasteiger partial charge in [0.1, 0.15) is 25.1 Å². The van der Waals surface area contributed by atoms with E-state index in [2.05, 4.69) is 36.8 Å². The zero-order valence-electron chi connectivity index (χ0n) is 21.2. The number of carbonyl (C=O) groups excluding carboxylic acids is 1. The molecule has 5 rings (SSSR count). The number of ether oxygens (including phenoxy) is 3. The van der Waals surface area contributed by atoms with Crippen molar-refractivity contribution in [2.75, 3.05) is 11.9 Å². The Bertz CT molecular complexity index is 1530. The maximum absolute atomic E-state index is 14.2. The highest BCUT2D eigenvalue weighted by molar-refractivity contribution is 9.10. The summed E-state index contributed by atoms with van der Waals surface area (Å²) in [6, 6.07) is 18.7. The highest BCUT2D eigenvalue weighted by Crippen LogP contribution is 2.43. The molecule has 0 saturated heterocycles. The van der Waals surface area contributed by atoms with E-state index in [1.54, 1.807) is 37.3 Å². The lowest BCUT2D eigenvalue weighted by Crippen LogP contribution is -2.29. The standard InChI is InChI=1S/C28H25BrFN5O4/c1-3-37-23-14-20(13-21(29)26(23)38-16-19-11-7-8-12-22(19)30)25-24(17(2)31-28-32-33-34-35(25)28)27(36)39-15-18-9-5-4-6-10-18/h4-14,25H,3,15-16H2,1-2H3,(H,31,32,34). The lowest BCUT2D eigenvalue weighted by atomic mass is 9.95. The Morgan fingerprint density at radius 2 is 1.85 bits per heavy atom. The number of benzene rings is 3. The molecule has 1 N–H and O–H groups in total. The summed E-state index contributed by atoms with van der Waals surface area (Å²) in [4.78, 5) is 13.4. The molecule has 3 aromatic carbocycles. The van der Waals surface area contributed by atoms with Crippen LogP contribution in [0.25, 0.3) is 0 Å². The summed E-state index contributed by atoms with van der Waals surface area (Å²) in [5.41, 5.74) is 2.85. The molecule has 1 aliphatic heterocycles. The Morgan fingerprint density at radius 3 is 2.62 bits per heavy atom. The lowest BCUT2D eigenvalue weighted by Gasteiger charge is -2.28. The number of hydrogen-bond acceptors (Lipinski definition) is 8. The zero-order chi connectivity index (χ0) is 27.4. The smallest absolute Gasteiger partial charge is 0.338 e. The van der Waals surface area contributed by atoms with Crippen molar-refractivity contribution in [3.05, 3.63) is 105 Å². The monoisotopic (exact) mass is 593 g/mol. The molecule has 2 heterocycles. The van der Waals surface area contributed by atoms with E-state index in [9.17, 15) is 9.18 Å². The number of nitrogens with zero attached hydrogens (tertiary/aromatic N) is 4. The third kappa shape index (κ3) is 5.63. The normalized spacial score (nSPS) is 14.4. The van der Waals surface area contributed by atoms with Crippen molar-refractivity contribution in [2.24, 2.45) is 0 Å². The molecule has 200 valence electrons. The van der Waals surface area contributed by atoms with Gasteiger partial charge in [0.05, 0.1) is 16.7 Å². The second-order valence-corrected chi connectivity index (χ2v) is 9.57. The van der Waals surface area contributed by atoms with Gasteiger partial charge in [-0.25, -0.2) is 9.18 Å². The number of halogens is 2. The summed E-state index contributed by atoms with van der Waals surface area (Å²) < 4.78 is 33.9. The van der Waals surface area contributed by atoms with Crippen LogP contribution in [0, 0.1) is 5.82 Å². The van der Waals surface area contributed by atoms with E-state index in [1.807, 2.05) is 37.3 Å². The van der Waals surface area contributed by atoms with E-state index < -0.39 is 12.0 Å². The molecule has 1 aliphatic rings. The van der Waals surface area contributed by atoms with Gasteiger partial charge in [0, 0.05) is 11.3 Å². The predicted octanol–water partition coefficient (Wildman–Crippen LogP) is 5.58. The van der Waals surface area contributed by atoms with Gasteiger partial charge in [0.25, 0.3) is 0 Å². The number of allylic oxidation sites excluding steroid dienone is 1. The van der Waals surface area contributed by atoms with E-state index in [0.717, 1.165) is 5.56 Å². The van der Waals surface area contributed by atoms with Gasteiger partial charge in [-0.15, -0.1) is 0 Å². The molecule has 1 aromatic heterocycles. The quantitative estimate of drug-likeness (QED) is 0.251. The number of hydrogen-bond donors (Lipinski definition) is 1. The first kappa shape index (κ1) is 26.4. The number of aromatic nitrogens is 4. The van der Waals surface area contributed by atoms with E-state index >= 15 is 0 Å². The van der Waals surface area contributed by atoms with Gasteiger partial charge < -0.3 is 19.5 Å². The van der Waals surface area contributed by atoms with Gasteiger partial charge in [-0.2, -0.15) is 4.68 Å². The van der Waals surface area contributed by atoms with Crippen LogP contribution >= 0.6 is 15.9 Å². The Morgan fingerprint density at radius 1 is 1.08 bits per heavy atom. The molecule has 0 aliphatic carbocycles. The van der Waals surface area contributed by atoms with Crippen molar-refractivity contribution >= 4 is 27.8 Å². The lowest BCUT2D eigenvalue weighted by molar-refractivity contribution is -0.140. The summed E-state index contributed by atoms with van der Waals surface area (Å²) in [5.74, 6) is 0.336. The van der Waals surface area contributed by atoms with Crippen LogP contribution < -0.4 is 14.8 Å². The van der Waals surface area contributed by atoms with E-state index in [4.69, 9.17) is 14.2 Å². The van der Waals surface area contributed by atoms with Crippen molar-refractivity contribution in [1.82, 2.24) is 20.2 Å².